The third-order valence-electron chi connectivity index (χ3n) is 11.4. The molecule has 392 valence electrons. The number of nitrogens with zero attached hydrogens (tertiary/aromatic N) is 1. The molecule has 0 aromatic heterocycles. The van der Waals surface area contributed by atoms with Gasteiger partial charge in [0.15, 0.2) is 6.10 Å². The predicted molar refractivity (Wildman–Crippen MR) is 259 cm³/mol. The minimum Gasteiger partial charge on any atom is -0.481 e. The lowest BCUT2D eigenvalue weighted by molar-refractivity contribution is -0.147. The van der Waals surface area contributed by atoms with E-state index in [9.17, 15) is 63.3 Å². The summed E-state index contributed by atoms with van der Waals surface area (Å²) in [6.07, 6.45) is -2.80. The Morgan fingerprint density at radius 2 is 1.17 bits per heavy atom. The Hall–Kier alpha value is -6.94. The second kappa shape index (κ2) is 30.6. The van der Waals surface area contributed by atoms with Crippen LogP contribution in [0.3, 0.4) is 0 Å². The Morgan fingerprint density at radius 3 is 1.69 bits per heavy atom. The number of carboxylic acid groups (broad SMARTS) is 3. The molecule has 1 fully saturated rings. The van der Waals surface area contributed by atoms with Crippen molar-refractivity contribution < 1.29 is 68.4 Å². The fourth-order valence-corrected chi connectivity index (χ4v) is 7.42. The highest BCUT2D eigenvalue weighted by Crippen LogP contribution is 2.21. The summed E-state index contributed by atoms with van der Waals surface area (Å²) in [7, 11) is 0. The van der Waals surface area contributed by atoms with Crippen LogP contribution in [0, 0.1) is 11.8 Å². The van der Waals surface area contributed by atoms with Crippen molar-refractivity contribution in [3.8, 4) is 0 Å². The maximum atomic E-state index is 13.8. The Kier molecular flexibility index (Phi) is 26.0. The summed E-state index contributed by atoms with van der Waals surface area (Å²) in [6, 6.07) is 10.3. The number of nitrogens with two attached hydrogens (primary N) is 1. The van der Waals surface area contributed by atoms with Crippen molar-refractivity contribution in [2.24, 2.45) is 17.6 Å². The highest BCUT2D eigenvalue weighted by atomic mass is 16.4. The monoisotopic (exact) mass is 997 g/mol. The van der Waals surface area contributed by atoms with E-state index in [0.717, 1.165) is 4.90 Å². The number of carboxylic acids is 3. The van der Waals surface area contributed by atoms with E-state index in [1.54, 1.807) is 65.0 Å². The second-order valence-electron chi connectivity index (χ2n) is 18.1. The van der Waals surface area contributed by atoms with Crippen LogP contribution >= 0.6 is 0 Å². The normalized spacial score (nSPS) is 16.5. The molecule has 0 radical (unpaired) electrons. The van der Waals surface area contributed by atoms with Crippen LogP contribution in [-0.2, 0) is 54.4 Å². The van der Waals surface area contributed by atoms with Gasteiger partial charge in [0.25, 0.3) is 5.91 Å². The van der Waals surface area contributed by atoms with Gasteiger partial charge in [0.2, 0.25) is 35.4 Å². The van der Waals surface area contributed by atoms with Crippen molar-refractivity contribution in [2.75, 3.05) is 6.54 Å². The molecule has 9 atom stereocenters. The number of nitrogens with one attached hydrogen (secondary N) is 6. The predicted octanol–water partition coefficient (Wildman–Crippen LogP) is 0.450. The standard InChI is InChI=1S/C43H66N8O14.C6H6/c1-7-27(46-39(60)29(20-22(2)3)48-41(62)34(23(4)5)50-37(58)26(44)15-17-32(52)53)35(56)42(63)51-19-11-14-31(51)40(61)45-24(6)36(57)47-28(16-18-33(54)55)38(59)49-30(43(64)65)21-25-12-9-8-10-13-25;1-2-4-6-5-3-1/h8-10,12-13,22-24,26-31,34-35,56H,7,11,14-21,44H2,1-6H3,(H,45,61)(H,46,60)(H,47,57)(H,48,62)(H,49,59)(H,50,58)(H,52,53)(H,54,55)(H,64,65);1-6H/t24-,26-,27-,28-,29-,30-,31-,34-,35+;/m0./s1. The van der Waals surface area contributed by atoms with Crippen molar-refractivity contribution in [3.63, 3.8) is 0 Å². The zero-order chi connectivity index (χ0) is 53.4. The molecule has 1 heterocycles. The quantitative estimate of drug-likeness (QED) is 0.0579. The zero-order valence-corrected chi connectivity index (χ0v) is 41.2. The number of rotatable bonds is 27. The number of hydrogen-bond acceptors (Lipinski definition) is 12. The summed E-state index contributed by atoms with van der Waals surface area (Å²) in [5, 5.41) is 54.3. The summed E-state index contributed by atoms with van der Waals surface area (Å²) in [6.45, 7) is 9.82. The molecule has 7 amide bonds. The van der Waals surface area contributed by atoms with E-state index in [0.29, 0.717) is 12.0 Å². The SMILES string of the molecule is CC[C@H](NC(=O)[C@H](CC(C)C)NC(=O)[C@@H](NC(=O)[C@@H](N)CCC(=O)O)C(C)C)[C@@H](O)C(=O)N1CCC[C@H]1C(=O)N[C@@H](C)C(=O)N[C@@H](CCC(=O)O)C(=O)N[C@@H](Cc1ccccc1)C(=O)O.c1ccccc1. The molecule has 2 aromatic carbocycles. The number of carbonyl (C=O) groups excluding carboxylic acids is 7. The van der Waals surface area contributed by atoms with Gasteiger partial charge in [-0.3, -0.25) is 43.2 Å². The number of aliphatic hydroxyl groups excluding tert-OH is 1. The molecule has 0 saturated carbocycles. The van der Waals surface area contributed by atoms with Gasteiger partial charge in [-0.05, 0) is 62.8 Å². The number of carbonyl (C=O) groups is 10. The molecule has 3 rings (SSSR count). The lowest BCUT2D eigenvalue weighted by Gasteiger charge is -2.32. The molecular formula is C49H72N8O14. The van der Waals surface area contributed by atoms with Gasteiger partial charge in [-0.15, -0.1) is 0 Å². The molecular weight excluding hydrogens is 925 g/mol. The first-order valence-corrected chi connectivity index (χ1v) is 23.7. The van der Waals surface area contributed by atoms with E-state index in [1.165, 1.54) is 6.92 Å². The first-order chi connectivity index (χ1) is 33.5. The maximum Gasteiger partial charge on any atom is 0.326 e. The van der Waals surface area contributed by atoms with Crippen LogP contribution in [0.25, 0.3) is 0 Å². The maximum absolute atomic E-state index is 13.8. The van der Waals surface area contributed by atoms with E-state index in [-0.39, 0.29) is 51.0 Å². The molecule has 2 aromatic rings. The Bertz CT molecular complexity index is 2070. The number of hydrogen-bond donors (Lipinski definition) is 11. The molecule has 1 aliphatic rings. The zero-order valence-electron chi connectivity index (χ0n) is 41.2. The number of aliphatic hydroxyl groups is 1. The van der Waals surface area contributed by atoms with Gasteiger partial charge in [-0.1, -0.05) is 101 Å². The summed E-state index contributed by atoms with van der Waals surface area (Å²) in [5.41, 5.74) is 6.43. The van der Waals surface area contributed by atoms with Crippen molar-refractivity contribution in [1.29, 1.82) is 0 Å². The first kappa shape index (κ1) is 60.2. The molecule has 12 N–H and O–H groups in total. The van der Waals surface area contributed by atoms with Gasteiger partial charge in [0.05, 0.1) is 12.1 Å². The molecule has 0 bridgehead atoms. The van der Waals surface area contributed by atoms with E-state index in [1.807, 2.05) is 36.4 Å². The van der Waals surface area contributed by atoms with Crippen LogP contribution < -0.4 is 37.6 Å². The average molecular weight is 997 g/mol. The molecule has 0 aliphatic carbocycles. The third kappa shape index (κ3) is 21.3. The summed E-state index contributed by atoms with van der Waals surface area (Å²) in [5.74, 6) is -10.2. The van der Waals surface area contributed by atoms with Gasteiger partial charge in [-0.2, -0.15) is 0 Å². The van der Waals surface area contributed by atoms with Crippen molar-refractivity contribution in [2.45, 2.75) is 154 Å². The fourth-order valence-electron chi connectivity index (χ4n) is 7.42. The number of benzene rings is 2. The summed E-state index contributed by atoms with van der Waals surface area (Å²) in [4.78, 5) is 129. The van der Waals surface area contributed by atoms with Gasteiger partial charge >= 0.3 is 17.9 Å². The molecule has 1 saturated heterocycles. The molecule has 1 aliphatic heterocycles. The van der Waals surface area contributed by atoms with Crippen LogP contribution in [0.5, 0.6) is 0 Å². The molecule has 22 nitrogen and oxygen atoms in total. The van der Waals surface area contributed by atoms with Crippen molar-refractivity contribution in [1.82, 2.24) is 36.8 Å². The molecule has 0 spiro atoms. The first-order valence-electron chi connectivity index (χ1n) is 23.7. The van der Waals surface area contributed by atoms with Crippen LogP contribution in [-0.4, -0.2) is 146 Å². The van der Waals surface area contributed by atoms with Gasteiger partial charge in [-0.25, -0.2) is 4.79 Å². The second-order valence-corrected chi connectivity index (χ2v) is 18.1. The van der Waals surface area contributed by atoms with Crippen LogP contribution in [0.4, 0.5) is 0 Å². The van der Waals surface area contributed by atoms with Crippen LogP contribution in [0.15, 0.2) is 66.7 Å². The summed E-state index contributed by atoms with van der Waals surface area (Å²) >= 11 is 0. The number of amides is 7. The van der Waals surface area contributed by atoms with Crippen molar-refractivity contribution in [3.05, 3.63) is 72.3 Å². The smallest absolute Gasteiger partial charge is 0.326 e. The fraction of sp³-hybridized carbons (Fsp3) is 0.551. The lowest BCUT2D eigenvalue weighted by atomic mass is 9.98. The molecule has 71 heavy (non-hydrogen) atoms. The van der Waals surface area contributed by atoms with E-state index < -0.39 is 132 Å². The van der Waals surface area contributed by atoms with E-state index in [4.69, 9.17) is 10.8 Å². The van der Waals surface area contributed by atoms with Gasteiger partial charge < -0.3 is 63.0 Å². The largest absolute Gasteiger partial charge is 0.481 e. The molecule has 22 heteroatoms. The Balaban J connectivity index is 0.00000266. The number of likely N-dealkylation sites (tertiary alicyclic amines) is 1. The lowest BCUT2D eigenvalue weighted by Crippen LogP contribution is -2.60. The van der Waals surface area contributed by atoms with Crippen molar-refractivity contribution >= 4 is 59.3 Å². The van der Waals surface area contributed by atoms with Crippen LogP contribution in [0.1, 0.15) is 98.5 Å². The molecule has 0 unspecified atom stereocenters. The Morgan fingerprint density at radius 1 is 0.648 bits per heavy atom. The minimum absolute atomic E-state index is 0.0396. The topological polar surface area (TPSA) is 353 Å². The number of aliphatic carboxylic acids is 3. The third-order valence-corrected chi connectivity index (χ3v) is 11.4. The van der Waals surface area contributed by atoms with E-state index >= 15 is 0 Å². The van der Waals surface area contributed by atoms with E-state index in [2.05, 4.69) is 31.9 Å². The summed E-state index contributed by atoms with van der Waals surface area (Å²) < 4.78 is 0. The Labute approximate surface area is 413 Å². The highest BCUT2D eigenvalue weighted by molar-refractivity contribution is 5.96. The average Bonchev–Trinajstić information content (AvgIpc) is 3.83. The minimum atomic E-state index is -1.85. The highest BCUT2D eigenvalue weighted by Gasteiger charge is 2.41. The van der Waals surface area contributed by atoms with Crippen LogP contribution in [0.2, 0.25) is 0 Å². The van der Waals surface area contributed by atoms with Gasteiger partial charge in [0.1, 0.15) is 36.3 Å². The van der Waals surface area contributed by atoms with Gasteiger partial charge in [0, 0.05) is 25.8 Å².